The highest BCUT2D eigenvalue weighted by Crippen LogP contribution is 2.13. The standard InChI is InChI=1S/C9H12N/c1-3-8(2)9-6-4-5-7-10-9/h3-8H,1-2H3. The van der Waals surface area contributed by atoms with Crippen molar-refractivity contribution < 1.29 is 0 Å². The molecule has 0 amide bonds. The van der Waals surface area contributed by atoms with Gasteiger partial charge in [0.25, 0.3) is 0 Å². The van der Waals surface area contributed by atoms with Gasteiger partial charge in [0.1, 0.15) is 0 Å². The van der Waals surface area contributed by atoms with Crippen molar-refractivity contribution in [2.24, 2.45) is 0 Å². The van der Waals surface area contributed by atoms with Gasteiger partial charge < -0.3 is 0 Å². The van der Waals surface area contributed by atoms with Gasteiger partial charge in [0.05, 0.1) is 0 Å². The van der Waals surface area contributed by atoms with E-state index in [1.807, 2.05) is 24.4 Å². The van der Waals surface area contributed by atoms with Crippen molar-refractivity contribution in [1.29, 1.82) is 0 Å². The number of pyridine rings is 1. The van der Waals surface area contributed by atoms with E-state index in [0.717, 1.165) is 5.69 Å². The molecular formula is C9H12N. The molecule has 0 saturated carbocycles. The van der Waals surface area contributed by atoms with Gasteiger partial charge in [-0.25, -0.2) is 0 Å². The zero-order chi connectivity index (χ0) is 7.40. The minimum Gasteiger partial charge on any atom is -0.261 e. The molecule has 1 heterocycles. The van der Waals surface area contributed by atoms with Crippen molar-refractivity contribution in [3.05, 3.63) is 36.5 Å². The summed E-state index contributed by atoms with van der Waals surface area (Å²) >= 11 is 0. The van der Waals surface area contributed by atoms with E-state index in [1.165, 1.54) is 0 Å². The summed E-state index contributed by atoms with van der Waals surface area (Å²) < 4.78 is 0. The maximum absolute atomic E-state index is 4.22. The lowest BCUT2D eigenvalue weighted by atomic mass is 10.1. The molecule has 1 rings (SSSR count). The zero-order valence-corrected chi connectivity index (χ0v) is 6.41. The van der Waals surface area contributed by atoms with Crippen molar-refractivity contribution >= 4 is 0 Å². The van der Waals surface area contributed by atoms with Crippen molar-refractivity contribution in [1.82, 2.24) is 4.98 Å². The first-order valence-corrected chi connectivity index (χ1v) is 3.55. The molecule has 1 nitrogen and oxygen atoms in total. The van der Waals surface area contributed by atoms with Crippen LogP contribution in [0.2, 0.25) is 0 Å². The fraction of sp³-hybridized carbons (Fsp3) is 0.333. The number of rotatable bonds is 2. The smallest absolute Gasteiger partial charge is 0.0434 e. The fourth-order valence-corrected chi connectivity index (χ4v) is 0.816. The Balaban J connectivity index is 2.75. The summed E-state index contributed by atoms with van der Waals surface area (Å²) in [5.41, 5.74) is 1.14. The second-order valence-corrected chi connectivity index (χ2v) is 2.38. The van der Waals surface area contributed by atoms with E-state index in [2.05, 4.69) is 25.3 Å². The second kappa shape index (κ2) is 3.35. The molecule has 0 spiro atoms. The summed E-state index contributed by atoms with van der Waals surface area (Å²) in [4.78, 5) is 4.22. The first-order chi connectivity index (χ1) is 4.84. The Hall–Kier alpha value is -0.850. The van der Waals surface area contributed by atoms with Crippen molar-refractivity contribution in [3.8, 4) is 0 Å². The monoisotopic (exact) mass is 134 g/mol. The van der Waals surface area contributed by atoms with E-state index in [0.29, 0.717) is 5.92 Å². The van der Waals surface area contributed by atoms with Crippen LogP contribution in [0.4, 0.5) is 0 Å². The van der Waals surface area contributed by atoms with Gasteiger partial charge in [0, 0.05) is 17.8 Å². The van der Waals surface area contributed by atoms with Gasteiger partial charge in [-0.3, -0.25) is 4.98 Å². The van der Waals surface area contributed by atoms with Gasteiger partial charge in [-0.1, -0.05) is 19.9 Å². The predicted octanol–water partition coefficient (Wildman–Crippen LogP) is 2.41. The average Bonchev–Trinajstić information content (AvgIpc) is 2.05. The molecule has 1 atom stereocenters. The van der Waals surface area contributed by atoms with Gasteiger partial charge >= 0.3 is 0 Å². The molecule has 0 aromatic carbocycles. The van der Waals surface area contributed by atoms with Crippen molar-refractivity contribution in [2.75, 3.05) is 0 Å². The lowest BCUT2D eigenvalue weighted by molar-refractivity contribution is 0.842. The van der Waals surface area contributed by atoms with Crippen LogP contribution in [0.15, 0.2) is 24.4 Å². The lowest BCUT2D eigenvalue weighted by Crippen LogP contribution is -1.93. The molecule has 53 valence electrons. The largest absolute Gasteiger partial charge is 0.261 e. The van der Waals surface area contributed by atoms with E-state index in [4.69, 9.17) is 0 Å². The Morgan fingerprint density at radius 1 is 1.50 bits per heavy atom. The van der Waals surface area contributed by atoms with Gasteiger partial charge in [-0.15, -0.1) is 0 Å². The van der Waals surface area contributed by atoms with Crippen molar-refractivity contribution in [3.63, 3.8) is 0 Å². The van der Waals surface area contributed by atoms with E-state index >= 15 is 0 Å². The zero-order valence-electron chi connectivity index (χ0n) is 6.41. The predicted molar refractivity (Wildman–Crippen MR) is 42.6 cm³/mol. The molecule has 1 radical (unpaired) electrons. The van der Waals surface area contributed by atoms with Gasteiger partial charge in [0.2, 0.25) is 0 Å². The topological polar surface area (TPSA) is 12.9 Å². The number of aromatic nitrogens is 1. The lowest BCUT2D eigenvalue weighted by Gasteiger charge is -2.04. The Bertz CT molecular complexity index is 181. The first-order valence-electron chi connectivity index (χ1n) is 3.55. The van der Waals surface area contributed by atoms with Crippen LogP contribution in [0.1, 0.15) is 25.5 Å². The highest BCUT2D eigenvalue weighted by molar-refractivity contribution is 5.10. The molecule has 0 N–H and O–H groups in total. The maximum atomic E-state index is 4.22. The van der Waals surface area contributed by atoms with Crippen LogP contribution in [0.5, 0.6) is 0 Å². The summed E-state index contributed by atoms with van der Waals surface area (Å²) in [5.74, 6) is 0.473. The van der Waals surface area contributed by atoms with Crippen LogP contribution in [0.25, 0.3) is 0 Å². The van der Waals surface area contributed by atoms with Crippen LogP contribution in [0.3, 0.4) is 0 Å². The molecule has 0 aliphatic heterocycles. The van der Waals surface area contributed by atoms with Crippen molar-refractivity contribution in [2.45, 2.75) is 19.8 Å². The molecular weight excluding hydrogens is 122 g/mol. The second-order valence-electron chi connectivity index (χ2n) is 2.38. The first kappa shape index (κ1) is 7.26. The third-order valence-corrected chi connectivity index (χ3v) is 1.65. The maximum Gasteiger partial charge on any atom is 0.0434 e. The van der Waals surface area contributed by atoms with Gasteiger partial charge in [-0.05, 0) is 18.6 Å². The molecule has 1 heteroatoms. The van der Waals surface area contributed by atoms with Crippen LogP contribution < -0.4 is 0 Å². The van der Waals surface area contributed by atoms with Gasteiger partial charge in [-0.2, -0.15) is 0 Å². The minimum atomic E-state index is 0.473. The van der Waals surface area contributed by atoms with E-state index in [1.54, 1.807) is 0 Å². The molecule has 10 heavy (non-hydrogen) atoms. The molecule has 0 aliphatic carbocycles. The Kier molecular flexibility index (Phi) is 2.43. The molecule has 0 bridgehead atoms. The highest BCUT2D eigenvalue weighted by atomic mass is 14.7. The van der Waals surface area contributed by atoms with E-state index in [9.17, 15) is 0 Å². The molecule has 1 aromatic heterocycles. The molecule has 1 aromatic rings. The van der Waals surface area contributed by atoms with Crippen LogP contribution in [-0.4, -0.2) is 4.98 Å². The Morgan fingerprint density at radius 2 is 2.30 bits per heavy atom. The highest BCUT2D eigenvalue weighted by Gasteiger charge is 2.01. The van der Waals surface area contributed by atoms with E-state index < -0.39 is 0 Å². The summed E-state index contributed by atoms with van der Waals surface area (Å²) in [6.07, 6.45) is 3.97. The Morgan fingerprint density at radius 3 is 2.80 bits per heavy atom. The number of nitrogens with zero attached hydrogens (tertiary/aromatic N) is 1. The minimum absolute atomic E-state index is 0.473. The van der Waals surface area contributed by atoms with E-state index in [-0.39, 0.29) is 0 Å². The van der Waals surface area contributed by atoms with Crippen LogP contribution >= 0.6 is 0 Å². The summed E-state index contributed by atoms with van der Waals surface area (Å²) in [5, 5.41) is 0. The molecule has 1 unspecified atom stereocenters. The summed E-state index contributed by atoms with van der Waals surface area (Å²) in [6.45, 7) is 4.20. The molecule has 0 aliphatic rings. The molecule has 0 saturated heterocycles. The Labute approximate surface area is 62.1 Å². The SMILES string of the molecule is C[CH]C(C)c1ccccn1. The fourth-order valence-electron chi connectivity index (χ4n) is 0.816. The average molecular weight is 134 g/mol. The normalized spacial score (nSPS) is 13.0. The quantitative estimate of drug-likeness (QED) is 0.605. The third-order valence-electron chi connectivity index (χ3n) is 1.65. The summed E-state index contributed by atoms with van der Waals surface area (Å²) in [7, 11) is 0. The molecule has 0 fully saturated rings. The number of hydrogen-bond acceptors (Lipinski definition) is 1. The van der Waals surface area contributed by atoms with Gasteiger partial charge in [0.15, 0.2) is 0 Å². The third kappa shape index (κ3) is 1.56. The number of hydrogen-bond donors (Lipinski definition) is 0. The van der Waals surface area contributed by atoms with Crippen LogP contribution in [0, 0.1) is 6.42 Å². The summed E-state index contributed by atoms with van der Waals surface area (Å²) in [6, 6.07) is 6.00. The van der Waals surface area contributed by atoms with Crippen LogP contribution in [-0.2, 0) is 0 Å².